The fraction of sp³-hybridized carbons (Fsp3) is 0.895. The highest BCUT2D eigenvalue weighted by atomic mass is 16.7. The summed E-state index contributed by atoms with van der Waals surface area (Å²) in [6.45, 7) is 4.75. The lowest BCUT2D eigenvalue weighted by Crippen LogP contribution is -2.32. The molecule has 3 atom stereocenters. The Labute approximate surface area is 151 Å². The SMILES string of the molecule is CCCCCC(CCC)COC(=O)OC1CCCC(OC(=O)OC)C1. The van der Waals surface area contributed by atoms with Crippen molar-refractivity contribution in [3.63, 3.8) is 0 Å². The zero-order valence-corrected chi connectivity index (χ0v) is 16.0. The van der Waals surface area contributed by atoms with Gasteiger partial charge in [0.2, 0.25) is 0 Å². The van der Waals surface area contributed by atoms with Crippen LogP contribution >= 0.6 is 0 Å². The number of ether oxygens (including phenoxy) is 4. The van der Waals surface area contributed by atoms with Crippen molar-refractivity contribution in [2.24, 2.45) is 5.92 Å². The number of methoxy groups -OCH3 is 1. The van der Waals surface area contributed by atoms with Crippen molar-refractivity contribution in [3.05, 3.63) is 0 Å². The maximum atomic E-state index is 12.0. The summed E-state index contributed by atoms with van der Waals surface area (Å²) in [7, 11) is 1.28. The lowest BCUT2D eigenvalue weighted by molar-refractivity contribution is -0.0341. The Morgan fingerprint density at radius 2 is 1.64 bits per heavy atom. The Morgan fingerprint density at radius 3 is 2.24 bits per heavy atom. The molecule has 1 aliphatic carbocycles. The smallest absolute Gasteiger partial charge is 0.438 e. The minimum atomic E-state index is -0.692. The Bertz CT molecular complexity index is 384. The predicted octanol–water partition coefficient (Wildman–Crippen LogP) is 5.23. The van der Waals surface area contributed by atoms with E-state index in [-0.39, 0.29) is 12.2 Å². The molecule has 0 aromatic heterocycles. The van der Waals surface area contributed by atoms with Gasteiger partial charge in [-0.3, -0.25) is 0 Å². The molecule has 1 rings (SSSR count). The second-order valence-electron chi connectivity index (χ2n) is 6.81. The second-order valence-corrected chi connectivity index (χ2v) is 6.81. The van der Waals surface area contributed by atoms with E-state index in [1.807, 2.05) is 0 Å². The lowest BCUT2D eigenvalue weighted by atomic mass is 9.95. The number of hydrogen-bond donors (Lipinski definition) is 0. The van der Waals surface area contributed by atoms with E-state index in [0.29, 0.717) is 18.9 Å². The summed E-state index contributed by atoms with van der Waals surface area (Å²) in [5.74, 6) is 0.408. The van der Waals surface area contributed by atoms with Crippen molar-refractivity contribution in [2.45, 2.75) is 90.3 Å². The molecule has 0 saturated heterocycles. The number of carbonyl (C=O) groups is 2. The molecule has 1 aliphatic rings. The largest absolute Gasteiger partial charge is 0.508 e. The topological polar surface area (TPSA) is 71.1 Å². The van der Waals surface area contributed by atoms with Crippen molar-refractivity contribution in [1.82, 2.24) is 0 Å². The number of unbranched alkanes of at least 4 members (excludes halogenated alkanes) is 2. The van der Waals surface area contributed by atoms with Gasteiger partial charge in [0.05, 0.1) is 13.7 Å². The van der Waals surface area contributed by atoms with Crippen molar-refractivity contribution in [1.29, 1.82) is 0 Å². The first-order valence-electron chi connectivity index (χ1n) is 9.67. The van der Waals surface area contributed by atoms with Crippen LogP contribution in [0.5, 0.6) is 0 Å². The van der Waals surface area contributed by atoms with Gasteiger partial charge in [0.15, 0.2) is 0 Å². The van der Waals surface area contributed by atoms with Gasteiger partial charge in [-0.15, -0.1) is 0 Å². The van der Waals surface area contributed by atoms with Crippen LogP contribution in [-0.2, 0) is 18.9 Å². The molecule has 0 N–H and O–H groups in total. The van der Waals surface area contributed by atoms with E-state index in [4.69, 9.17) is 14.2 Å². The molecular formula is C19H34O6. The van der Waals surface area contributed by atoms with Crippen LogP contribution in [-0.4, -0.2) is 38.2 Å². The molecule has 0 aromatic carbocycles. The van der Waals surface area contributed by atoms with Gasteiger partial charge >= 0.3 is 12.3 Å². The molecule has 0 heterocycles. The summed E-state index contributed by atoms with van der Waals surface area (Å²) in [4.78, 5) is 23.1. The summed E-state index contributed by atoms with van der Waals surface area (Å²) in [6.07, 6.45) is 7.87. The fourth-order valence-corrected chi connectivity index (χ4v) is 3.26. The van der Waals surface area contributed by atoms with E-state index in [1.165, 1.54) is 26.4 Å². The van der Waals surface area contributed by atoms with Gasteiger partial charge in [0.1, 0.15) is 12.2 Å². The number of carbonyl (C=O) groups excluding carboxylic acids is 2. The molecule has 0 spiro atoms. The molecule has 1 fully saturated rings. The predicted molar refractivity (Wildman–Crippen MR) is 94.5 cm³/mol. The molecule has 146 valence electrons. The van der Waals surface area contributed by atoms with Crippen LogP contribution in [0, 0.1) is 5.92 Å². The zero-order chi connectivity index (χ0) is 18.5. The van der Waals surface area contributed by atoms with Gasteiger partial charge in [-0.1, -0.05) is 39.5 Å². The van der Waals surface area contributed by atoms with E-state index in [2.05, 4.69) is 18.6 Å². The highest BCUT2D eigenvalue weighted by molar-refractivity contribution is 5.60. The van der Waals surface area contributed by atoms with E-state index in [0.717, 1.165) is 38.5 Å². The van der Waals surface area contributed by atoms with E-state index in [1.54, 1.807) is 0 Å². The first kappa shape index (κ1) is 21.6. The first-order chi connectivity index (χ1) is 12.1. The number of hydrogen-bond acceptors (Lipinski definition) is 6. The van der Waals surface area contributed by atoms with Crippen LogP contribution in [0.3, 0.4) is 0 Å². The van der Waals surface area contributed by atoms with Gasteiger partial charge in [-0.05, 0) is 38.0 Å². The lowest BCUT2D eigenvalue weighted by Gasteiger charge is -2.28. The molecule has 3 unspecified atom stereocenters. The maximum absolute atomic E-state index is 12.0. The highest BCUT2D eigenvalue weighted by Crippen LogP contribution is 2.24. The average molecular weight is 358 g/mol. The molecule has 0 radical (unpaired) electrons. The number of rotatable bonds is 10. The molecule has 0 aliphatic heterocycles. The minimum Gasteiger partial charge on any atom is -0.438 e. The van der Waals surface area contributed by atoms with Crippen molar-refractivity contribution in [3.8, 4) is 0 Å². The Kier molecular flexibility index (Phi) is 11.1. The molecule has 0 amide bonds. The highest BCUT2D eigenvalue weighted by Gasteiger charge is 2.28. The summed E-state index contributed by atoms with van der Waals surface area (Å²) in [5.41, 5.74) is 0. The van der Waals surface area contributed by atoms with Crippen LogP contribution < -0.4 is 0 Å². The quantitative estimate of drug-likeness (QED) is 0.393. The second kappa shape index (κ2) is 12.8. The molecule has 0 bridgehead atoms. The summed E-state index contributed by atoms with van der Waals surface area (Å²) < 4.78 is 20.4. The van der Waals surface area contributed by atoms with Crippen molar-refractivity contribution >= 4 is 12.3 Å². The summed E-state index contributed by atoms with van der Waals surface area (Å²) in [5, 5.41) is 0. The van der Waals surface area contributed by atoms with E-state index in [9.17, 15) is 9.59 Å². The first-order valence-corrected chi connectivity index (χ1v) is 9.67. The van der Waals surface area contributed by atoms with Gasteiger partial charge in [-0.25, -0.2) is 9.59 Å². The van der Waals surface area contributed by atoms with Crippen LogP contribution in [0.15, 0.2) is 0 Å². The maximum Gasteiger partial charge on any atom is 0.508 e. The molecule has 25 heavy (non-hydrogen) atoms. The molecule has 6 nitrogen and oxygen atoms in total. The monoisotopic (exact) mass is 358 g/mol. The minimum absolute atomic E-state index is 0.263. The van der Waals surface area contributed by atoms with Gasteiger partial charge in [-0.2, -0.15) is 0 Å². The average Bonchev–Trinajstić information content (AvgIpc) is 2.60. The summed E-state index contributed by atoms with van der Waals surface area (Å²) >= 11 is 0. The van der Waals surface area contributed by atoms with Gasteiger partial charge < -0.3 is 18.9 Å². The normalized spacial score (nSPS) is 21.2. The van der Waals surface area contributed by atoms with Gasteiger partial charge in [0.25, 0.3) is 0 Å². The van der Waals surface area contributed by atoms with E-state index < -0.39 is 12.3 Å². The standard InChI is InChI=1S/C19H34O6/c1-4-6-7-10-15(9-5-2)14-23-19(21)25-17-12-8-11-16(13-17)24-18(20)22-3/h15-17H,4-14H2,1-3H3. The Hall–Kier alpha value is -1.46. The van der Waals surface area contributed by atoms with Crippen LogP contribution in [0.25, 0.3) is 0 Å². The zero-order valence-electron chi connectivity index (χ0n) is 16.0. The van der Waals surface area contributed by atoms with Crippen molar-refractivity contribution in [2.75, 3.05) is 13.7 Å². The third-order valence-electron chi connectivity index (χ3n) is 4.62. The Balaban J connectivity index is 2.30. The summed E-state index contributed by atoms with van der Waals surface area (Å²) in [6, 6.07) is 0. The third-order valence-corrected chi connectivity index (χ3v) is 4.62. The van der Waals surface area contributed by atoms with Crippen LogP contribution in [0.2, 0.25) is 0 Å². The molecule has 1 saturated carbocycles. The molecule has 6 heteroatoms. The Morgan fingerprint density at radius 1 is 0.960 bits per heavy atom. The van der Waals surface area contributed by atoms with Gasteiger partial charge in [0, 0.05) is 6.42 Å². The molecular weight excluding hydrogens is 324 g/mol. The van der Waals surface area contributed by atoms with Crippen LogP contribution in [0.4, 0.5) is 9.59 Å². The molecule has 0 aromatic rings. The van der Waals surface area contributed by atoms with E-state index >= 15 is 0 Å². The fourth-order valence-electron chi connectivity index (χ4n) is 3.26. The third kappa shape index (κ3) is 9.56. The van der Waals surface area contributed by atoms with Crippen LogP contribution in [0.1, 0.15) is 78.1 Å². The van der Waals surface area contributed by atoms with Crippen molar-refractivity contribution < 1.29 is 28.5 Å².